The van der Waals surface area contributed by atoms with E-state index >= 15 is 24.0 Å². The lowest BCUT2D eigenvalue weighted by Crippen LogP contribution is -2.64. The topological polar surface area (TPSA) is 563 Å². The van der Waals surface area contributed by atoms with Crippen LogP contribution in [0.5, 0.6) is 51.7 Å². The molecule has 5 amide bonds. The average molecular weight is 1900 g/mol. The van der Waals surface area contributed by atoms with Gasteiger partial charge < -0.3 is 137 Å². The molecule has 3 saturated heterocycles. The summed E-state index contributed by atoms with van der Waals surface area (Å²) in [6.45, 7) is 7.24. The SMILES string of the molecule is CC[C@H](CC(C)C)C(=O)N[C@H]1C(=O)C[C@@H](CC(N)=O)C(=O)N[C@H]2C(=O)C[C@H]3C(=O)N[C@H](C(=O)N[C@@H](C(=O)O)c4cc(O)cc(O)c4-c4cc3ccc4O)[C@H](OC3C[C@](C)(N)[C@@H](O)[C@H](C)O3)c3ccc(c(Cl)c3)Oc3cc2cc(c3O[C@@H]2O[C@H](CO)[C@@H](O[C@@H]3O[C@H](CCCc4cccc(SCc5ccc(OC(F)(F)F)cc5)c4)[C@H](O)[C@H](O)[C@H]3O)[C@H](O)[C@H]2O)Oc2ccc(cc2Cl)[C@H]1O. The van der Waals surface area contributed by atoms with Crippen LogP contribution >= 0.6 is 35.0 Å². The maximum Gasteiger partial charge on any atom is 0.573 e. The van der Waals surface area contributed by atoms with Crippen molar-refractivity contribution in [3.8, 4) is 62.9 Å². The fraction of sp³-hybridized carbons (Fsp3) is 0.451. The third-order valence-corrected chi connectivity index (χ3v) is 25.6. The number of Topliss-reactive ketones (excluding diaryl/α,β-unsaturated/α-hetero) is 2. The second-order valence-corrected chi connectivity index (χ2v) is 36.1. The number of aliphatic hydroxyl groups is 8. The highest BCUT2D eigenvalue weighted by atomic mass is 35.5. The molecule has 0 spiro atoms. The molecule has 0 aliphatic carbocycles. The van der Waals surface area contributed by atoms with Crippen LogP contribution in [0, 0.1) is 17.8 Å². The summed E-state index contributed by atoms with van der Waals surface area (Å²) < 4.78 is 93.9. The number of phenols is 3. The largest absolute Gasteiger partial charge is 0.573 e. The monoisotopic (exact) mass is 1900 g/mol. The Morgan fingerprint density at radius 2 is 1.35 bits per heavy atom. The number of aromatic hydroxyl groups is 3. The number of amides is 5. The Morgan fingerprint density at radius 3 is 1.98 bits per heavy atom. The van der Waals surface area contributed by atoms with E-state index in [4.69, 9.17) is 72.6 Å². The number of carboxylic acid groups (broad SMARTS) is 1. The van der Waals surface area contributed by atoms with Gasteiger partial charge in [0.1, 0.15) is 108 Å². The Labute approximate surface area is 767 Å². The van der Waals surface area contributed by atoms with Gasteiger partial charge in [-0.25, -0.2) is 4.79 Å². The fourth-order valence-corrected chi connectivity index (χ4v) is 18.4. The first-order valence-electron chi connectivity index (χ1n) is 42.4. The Hall–Kier alpha value is -10.5. The number of nitrogens with two attached hydrogens (primary N) is 2. The number of phenolic OH excluding ortho intramolecular Hbond substituents is 3. The van der Waals surface area contributed by atoms with Crippen LogP contribution < -0.4 is 51.7 Å². The summed E-state index contributed by atoms with van der Waals surface area (Å²) in [4.78, 5) is 122. The predicted octanol–water partition coefficient (Wildman–Crippen LogP) is 7.57. The van der Waals surface area contributed by atoms with Crippen LogP contribution in [-0.4, -0.2) is 219 Å². The highest BCUT2D eigenvalue weighted by Crippen LogP contribution is 2.51. The van der Waals surface area contributed by atoms with Crippen LogP contribution in [0.1, 0.15) is 155 Å². The minimum Gasteiger partial charge on any atom is -0.508 e. The van der Waals surface area contributed by atoms with Crippen LogP contribution in [0.25, 0.3) is 11.1 Å². The van der Waals surface area contributed by atoms with E-state index in [1.807, 2.05) is 32.0 Å². The van der Waals surface area contributed by atoms with Gasteiger partial charge in [0.05, 0.1) is 46.8 Å². The Bertz CT molecular complexity index is 5450. The van der Waals surface area contributed by atoms with Crippen molar-refractivity contribution in [3.63, 3.8) is 0 Å². The van der Waals surface area contributed by atoms with Crippen molar-refractivity contribution in [2.24, 2.45) is 29.2 Å². The number of carboxylic acids is 1. The van der Waals surface area contributed by atoms with Crippen molar-refractivity contribution >= 4 is 82.0 Å². The summed E-state index contributed by atoms with van der Waals surface area (Å²) in [5.41, 5.74) is 9.94. The number of alkyl halides is 3. The summed E-state index contributed by atoms with van der Waals surface area (Å²) in [5, 5.41) is 150. The van der Waals surface area contributed by atoms with Crippen LogP contribution in [0.4, 0.5) is 13.2 Å². The van der Waals surface area contributed by atoms with Crippen molar-refractivity contribution in [3.05, 3.63) is 176 Å². The molecule has 132 heavy (non-hydrogen) atoms. The van der Waals surface area contributed by atoms with E-state index in [1.165, 1.54) is 68.1 Å². The quantitative estimate of drug-likeness (QED) is 0.0274. The summed E-state index contributed by atoms with van der Waals surface area (Å²) in [6.07, 6.45) is -34.9. The van der Waals surface area contributed by atoms with E-state index in [0.717, 1.165) is 71.1 Å². The number of aliphatic hydroxyl groups excluding tert-OH is 8. The summed E-state index contributed by atoms with van der Waals surface area (Å²) in [5.74, 6) is -20.0. The number of thioether (sulfide) groups is 1. The number of benzene rings is 7. The van der Waals surface area contributed by atoms with Crippen LogP contribution in [0.3, 0.4) is 0 Å². The van der Waals surface area contributed by atoms with Crippen LogP contribution in [-0.2, 0) is 74.2 Å². The molecule has 7 aromatic rings. The van der Waals surface area contributed by atoms with E-state index < -0.39 is 286 Å². The molecule has 3 fully saturated rings. The number of aryl methyl sites for hydroxylation is 1. The van der Waals surface area contributed by atoms with Crippen molar-refractivity contribution in [2.75, 3.05) is 6.61 Å². The zero-order valence-electron chi connectivity index (χ0n) is 71.4. The number of ketones is 2. The molecule has 0 aromatic heterocycles. The van der Waals surface area contributed by atoms with Crippen molar-refractivity contribution < 1.29 is 155 Å². The maximum atomic E-state index is 16.6. The van der Waals surface area contributed by atoms with Crippen molar-refractivity contribution in [1.82, 2.24) is 21.3 Å². The zero-order valence-corrected chi connectivity index (χ0v) is 73.8. The van der Waals surface area contributed by atoms with Gasteiger partial charge in [0.25, 0.3) is 0 Å². The summed E-state index contributed by atoms with van der Waals surface area (Å²) in [7, 11) is 0. The minimum atomic E-state index is -4.86. The molecule has 11 bridgehead atoms. The first-order chi connectivity index (χ1) is 62.4. The Kier molecular flexibility index (Phi) is 31.1. The normalized spacial score (nSPS) is 29.0. The van der Waals surface area contributed by atoms with Crippen molar-refractivity contribution in [2.45, 2.75) is 237 Å². The lowest BCUT2D eigenvalue weighted by molar-refractivity contribution is -0.351. The van der Waals surface area contributed by atoms with E-state index in [9.17, 15) is 88.8 Å². The summed E-state index contributed by atoms with van der Waals surface area (Å²) in [6, 6.07) is 18.0. The Morgan fingerprint density at radius 1 is 0.689 bits per heavy atom. The number of fused-ring (bicyclic) bond motifs is 15. The van der Waals surface area contributed by atoms with E-state index in [1.54, 1.807) is 13.0 Å². The number of carbonyl (C=O) groups excluding carboxylic acids is 7. The lowest BCUT2D eigenvalue weighted by atomic mass is 9.84. The molecule has 8 aliphatic heterocycles. The smallest absolute Gasteiger partial charge is 0.508 e. The van der Waals surface area contributed by atoms with Crippen molar-refractivity contribution in [1.29, 1.82) is 0 Å². The van der Waals surface area contributed by atoms with E-state index in [0.29, 0.717) is 24.2 Å². The minimum absolute atomic E-state index is 0.00658. The standard InChI is InChI=1S/C91H101Cl2F3N6O29S/c1-6-42(23-38(2)3)83(117)101-71-58(107)28-47(31-66(97)109)84(118)99-69-46-29-63(124-60-21-16-44(73(71)110)26-54(60)92)80(129-89-78(115)76(113)81(65(36-103)127-89)130-88-77(114)75(112)74(111)62(126-88)12-8-10-40-9-7-11-50(24-40)132-37-41-13-18-49(19-14-41)131-91(94,95)96)64(30-46)125-61-22-17-45(27-55(61)93)79(128-67-35-90(5,98)82(116)39(4)123-67)72-86(120)100-70(87(121)122)53-32-48(104)33-57(106)68(53)52-25-43(15-20-56(52)105)51(34-59(69)108)85(119)102-72/h7,9,11,13-22,24-27,29-30,32-33,38-39,42,47,51,62,65,67,69-79,81-82,88-89,103-106,110-116H,6,8,10,12,23,28,31,34-37,98H2,1-5H3,(H2,97,109)(H,99,118)(H,100,120)(H,101,117)(H,102,119)(H,121,122)/t39-,42+,47-,51+,62+,65+,67?,69+,70+,71-,72-,73+,74-,75-,76+,77+,78+,79+,81+,82-,88-,89-,90-/m0/s1. The lowest BCUT2D eigenvalue weighted by Gasteiger charge is -2.46. The van der Waals surface area contributed by atoms with Gasteiger partial charge >= 0.3 is 12.3 Å². The molecular formula is C91H101Cl2F3N6O29S. The van der Waals surface area contributed by atoms with Crippen LogP contribution in [0.15, 0.2) is 132 Å². The van der Waals surface area contributed by atoms with Gasteiger partial charge in [0, 0.05) is 70.5 Å². The molecule has 41 heteroatoms. The third kappa shape index (κ3) is 22.7. The average Bonchev–Trinajstić information content (AvgIpc) is 0.761. The number of halogens is 5. The van der Waals surface area contributed by atoms with Crippen LogP contribution in [0.2, 0.25) is 10.0 Å². The van der Waals surface area contributed by atoms with Gasteiger partial charge in [-0.05, 0) is 164 Å². The number of nitrogens with one attached hydrogen (secondary N) is 4. The molecule has 23 atom stereocenters. The molecule has 8 aliphatic rings. The predicted molar refractivity (Wildman–Crippen MR) is 461 cm³/mol. The number of hydrogen-bond donors (Lipinski definition) is 18. The molecule has 7 aromatic carbocycles. The van der Waals surface area contributed by atoms with Gasteiger partial charge in [-0.1, -0.05) is 86.4 Å². The Balaban J connectivity index is 0.926. The van der Waals surface area contributed by atoms with Gasteiger partial charge in [0.15, 0.2) is 41.7 Å². The zero-order chi connectivity index (χ0) is 95.5. The van der Waals surface area contributed by atoms with Gasteiger partial charge in [-0.15, -0.1) is 24.9 Å². The van der Waals surface area contributed by atoms with Gasteiger partial charge in [-0.3, -0.25) is 33.6 Å². The second kappa shape index (κ2) is 41.5. The molecule has 1 unspecified atom stereocenters. The van der Waals surface area contributed by atoms with Gasteiger partial charge in [0.2, 0.25) is 41.6 Å². The number of carbonyl (C=O) groups is 8. The molecule has 35 nitrogen and oxygen atoms in total. The molecule has 710 valence electrons. The number of aliphatic carboxylic acids is 1. The number of hydrogen-bond acceptors (Lipinski definition) is 30. The molecule has 15 rings (SSSR count). The number of primary amides is 1. The molecule has 0 radical (unpaired) electrons. The third-order valence-electron chi connectivity index (χ3n) is 23.9. The second-order valence-electron chi connectivity index (χ2n) is 34.2. The molecule has 8 heterocycles. The first kappa shape index (κ1) is 99.0. The highest BCUT2D eigenvalue weighted by molar-refractivity contribution is 7.98. The number of rotatable bonds is 23. The maximum absolute atomic E-state index is 16.6. The molecule has 20 N–H and O–H groups in total. The van der Waals surface area contributed by atoms with Gasteiger partial charge in [-0.2, -0.15) is 0 Å². The molecular weight excluding hydrogens is 1800 g/mol. The molecule has 0 saturated carbocycles. The van der Waals surface area contributed by atoms with E-state index in [-0.39, 0.29) is 64.8 Å². The number of ether oxygens (including phenoxy) is 9. The summed E-state index contributed by atoms with van der Waals surface area (Å²) >= 11 is 16.0. The highest BCUT2D eigenvalue weighted by Gasteiger charge is 2.53. The fourth-order valence-electron chi connectivity index (χ4n) is 17.1. The first-order valence-corrected chi connectivity index (χ1v) is 44.2. The van der Waals surface area contributed by atoms with E-state index in [2.05, 4.69) is 26.0 Å².